The zero-order valence-electron chi connectivity index (χ0n) is 22.7. The standard InChI is InChI=1S/C32H32N2O6/c1-17-24(29(32(38)39)34-28(17)26(18(2)35)31(34)37)16-40-25-9-5-8-22-27(25)21-11-10-19(14-23(21)30(22)36)6-4-7-20-12-13-33(3)15-20/h5,8-15,17-18,26,28,35H,4,6-7,16H2,1-3H3,(H,38,39)/p-1/t17-,18?,26?,28?/m0/s1. The topological polar surface area (TPSA) is 112 Å². The number of aliphatic hydroxyl groups is 1. The van der Waals surface area contributed by atoms with Gasteiger partial charge in [0.05, 0.1) is 29.7 Å². The second kappa shape index (κ2) is 9.78. The largest absolute Gasteiger partial charge is 0.543 e. The SMILES string of the molecule is CC(O)C1C(=O)N2C(C(=O)[O-])=C(COc3cccc4c3-c3ccc(CCCc5ccn(C)c5)cc3C4=O)[C@H](C)C12. The molecule has 6 rings (SSSR count). The highest BCUT2D eigenvalue weighted by Crippen LogP contribution is 2.48. The Bertz CT molecular complexity index is 1580. The number of aliphatic carboxylic acids is 1. The van der Waals surface area contributed by atoms with Gasteiger partial charge in [0.15, 0.2) is 5.78 Å². The fourth-order valence-electron chi connectivity index (χ4n) is 6.60. The number of nitrogens with zero attached hydrogens (tertiary/aromatic N) is 2. The normalized spacial score (nSPS) is 21.7. The van der Waals surface area contributed by atoms with Gasteiger partial charge in [0.1, 0.15) is 12.4 Å². The molecule has 8 heteroatoms. The molecule has 2 aromatic carbocycles. The van der Waals surface area contributed by atoms with E-state index >= 15 is 0 Å². The number of fused-ring (bicyclic) bond motifs is 4. The number of rotatable bonds is 9. The average Bonchev–Trinajstić information content (AvgIpc) is 3.53. The summed E-state index contributed by atoms with van der Waals surface area (Å²) in [4.78, 5) is 39.2. The van der Waals surface area contributed by atoms with Crippen molar-refractivity contribution in [2.75, 3.05) is 6.61 Å². The second-order valence-corrected chi connectivity index (χ2v) is 11.1. The van der Waals surface area contributed by atoms with E-state index in [0.717, 1.165) is 30.4 Å². The van der Waals surface area contributed by atoms with Crippen LogP contribution < -0.4 is 9.84 Å². The number of aromatic nitrogens is 1. The number of benzene rings is 2. The van der Waals surface area contributed by atoms with Crippen LogP contribution in [0.4, 0.5) is 0 Å². The number of carboxylic acid groups (broad SMARTS) is 1. The number of carbonyl (C=O) groups is 3. The molecule has 0 saturated carbocycles. The number of carbonyl (C=O) groups excluding carboxylic acids is 3. The van der Waals surface area contributed by atoms with Crippen molar-refractivity contribution < 1.29 is 29.3 Å². The molecular weight excluding hydrogens is 508 g/mol. The summed E-state index contributed by atoms with van der Waals surface area (Å²) in [6.07, 6.45) is 6.07. The monoisotopic (exact) mass is 539 g/mol. The highest BCUT2D eigenvalue weighted by molar-refractivity contribution is 6.22. The molecule has 3 heterocycles. The molecular formula is C32H31N2O6-. The van der Waals surface area contributed by atoms with Crippen LogP contribution in [0.3, 0.4) is 0 Å². The van der Waals surface area contributed by atoms with E-state index in [1.54, 1.807) is 18.2 Å². The summed E-state index contributed by atoms with van der Waals surface area (Å²) in [5, 5.41) is 22.1. The van der Waals surface area contributed by atoms with E-state index in [1.165, 1.54) is 17.4 Å². The van der Waals surface area contributed by atoms with Crippen LogP contribution in [0.5, 0.6) is 5.75 Å². The van der Waals surface area contributed by atoms with Gasteiger partial charge in [-0.05, 0) is 66.6 Å². The molecule has 8 nitrogen and oxygen atoms in total. The van der Waals surface area contributed by atoms with Crippen molar-refractivity contribution in [2.45, 2.75) is 45.3 Å². The summed E-state index contributed by atoms with van der Waals surface area (Å²) in [5.74, 6) is -2.42. The Morgan fingerprint density at radius 3 is 2.55 bits per heavy atom. The molecule has 40 heavy (non-hydrogen) atoms. The summed E-state index contributed by atoms with van der Waals surface area (Å²) in [5.41, 5.74) is 5.34. The summed E-state index contributed by atoms with van der Waals surface area (Å²) >= 11 is 0. The first-order valence-corrected chi connectivity index (χ1v) is 13.7. The summed E-state index contributed by atoms with van der Waals surface area (Å²) in [6, 6.07) is 13.0. The van der Waals surface area contributed by atoms with Crippen LogP contribution in [0.15, 0.2) is 66.1 Å². The maximum Gasteiger partial charge on any atom is 0.235 e. The predicted octanol–water partition coefficient (Wildman–Crippen LogP) is 2.65. The van der Waals surface area contributed by atoms with Crippen LogP contribution in [0.25, 0.3) is 11.1 Å². The van der Waals surface area contributed by atoms with E-state index in [-0.39, 0.29) is 24.0 Å². The maximum absolute atomic E-state index is 13.4. The van der Waals surface area contributed by atoms with Gasteiger partial charge in [0.25, 0.3) is 0 Å². The quantitative estimate of drug-likeness (QED) is 0.328. The lowest BCUT2D eigenvalue weighted by molar-refractivity contribution is -0.301. The molecule has 3 aromatic rings. The molecule has 206 valence electrons. The Balaban J connectivity index is 1.23. The fraction of sp³-hybridized carbons (Fsp3) is 0.344. The molecule has 1 amide bonds. The minimum absolute atomic E-state index is 0.0567. The van der Waals surface area contributed by atoms with Crippen LogP contribution in [0.1, 0.15) is 47.3 Å². The van der Waals surface area contributed by atoms with Crippen molar-refractivity contribution in [3.05, 3.63) is 88.4 Å². The van der Waals surface area contributed by atoms with E-state index in [1.807, 2.05) is 42.9 Å². The highest BCUT2D eigenvalue weighted by atomic mass is 16.5. The number of hydrogen-bond acceptors (Lipinski definition) is 6. The third kappa shape index (κ3) is 4.05. The molecule has 1 fully saturated rings. The fourth-order valence-corrected chi connectivity index (χ4v) is 6.60. The molecule has 0 spiro atoms. The van der Waals surface area contributed by atoms with Crippen LogP contribution in [-0.2, 0) is 29.5 Å². The number of ketones is 1. The molecule has 0 radical (unpaired) electrons. The predicted molar refractivity (Wildman–Crippen MR) is 145 cm³/mol. The second-order valence-electron chi connectivity index (χ2n) is 11.1. The van der Waals surface area contributed by atoms with E-state index in [2.05, 4.69) is 12.3 Å². The number of amides is 1. The Labute approximate surface area is 232 Å². The van der Waals surface area contributed by atoms with E-state index < -0.39 is 29.9 Å². The van der Waals surface area contributed by atoms with Crippen molar-refractivity contribution in [1.29, 1.82) is 0 Å². The van der Waals surface area contributed by atoms with Gasteiger partial charge in [-0.15, -0.1) is 0 Å². The number of carboxylic acids is 1. The number of ether oxygens (including phenoxy) is 1. The average molecular weight is 540 g/mol. The van der Waals surface area contributed by atoms with Crippen LogP contribution in [0.2, 0.25) is 0 Å². The molecule has 2 aliphatic heterocycles. The molecule has 1 aromatic heterocycles. The van der Waals surface area contributed by atoms with Gasteiger partial charge in [0, 0.05) is 42.0 Å². The van der Waals surface area contributed by atoms with Gasteiger partial charge in [-0.25, -0.2) is 0 Å². The number of hydrogen-bond donors (Lipinski definition) is 1. The van der Waals surface area contributed by atoms with Crippen molar-refractivity contribution in [1.82, 2.24) is 9.47 Å². The number of β-lactam (4-membered cyclic amide) rings is 1. The van der Waals surface area contributed by atoms with Gasteiger partial charge in [-0.1, -0.05) is 31.2 Å². The van der Waals surface area contributed by atoms with Crippen molar-refractivity contribution >= 4 is 17.7 Å². The molecule has 4 atom stereocenters. The minimum Gasteiger partial charge on any atom is -0.543 e. The molecule has 3 aliphatic rings. The molecule has 1 N–H and O–H groups in total. The smallest absolute Gasteiger partial charge is 0.235 e. The van der Waals surface area contributed by atoms with Crippen molar-refractivity contribution in [3.63, 3.8) is 0 Å². The summed E-state index contributed by atoms with van der Waals surface area (Å²) in [7, 11) is 2.01. The molecule has 0 bridgehead atoms. The van der Waals surface area contributed by atoms with Crippen LogP contribution >= 0.6 is 0 Å². The van der Waals surface area contributed by atoms with Gasteiger partial charge >= 0.3 is 0 Å². The summed E-state index contributed by atoms with van der Waals surface area (Å²) < 4.78 is 8.23. The van der Waals surface area contributed by atoms with E-state index in [0.29, 0.717) is 28.0 Å². The first-order chi connectivity index (χ1) is 19.2. The summed E-state index contributed by atoms with van der Waals surface area (Å²) in [6.45, 7) is 3.30. The van der Waals surface area contributed by atoms with Crippen molar-refractivity contribution in [3.8, 4) is 16.9 Å². The first kappa shape index (κ1) is 26.1. The minimum atomic E-state index is -1.44. The Kier molecular flexibility index (Phi) is 6.38. The Hall–Kier alpha value is -4.17. The van der Waals surface area contributed by atoms with Gasteiger partial charge in [-0.3, -0.25) is 9.59 Å². The van der Waals surface area contributed by atoms with Gasteiger partial charge in [0.2, 0.25) is 5.91 Å². The van der Waals surface area contributed by atoms with Crippen LogP contribution in [-0.4, -0.2) is 51.0 Å². The molecule has 1 saturated heterocycles. The number of aliphatic hydroxyl groups excluding tert-OH is 1. The van der Waals surface area contributed by atoms with Crippen LogP contribution in [0, 0.1) is 11.8 Å². The van der Waals surface area contributed by atoms with Gasteiger partial charge < -0.3 is 29.2 Å². The highest BCUT2D eigenvalue weighted by Gasteiger charge is 2.58. The maximum atomic E-state index is 13.4. The van der Waals surface area contributed by atoms with Crippen molar-refractivity contribution in [2.24, 2.45) is 18.9 Å². The Morgan fingerprint density at radius 1 is 1.07 bits per heavy atom. The third-order valence-corrected chi connectivity index (χ3v) is 8.58. The Morgan fingerprint density at radius 2 is 1.85 bits per heavy atom. The van der Waals surface area contributed by atoms with E-state index in [4.69, 9.17) is 4.74 Å². The van der Waals surface area contributed by atoms with Gasteiger partial charge in [-0.2, -0.15) is 0 Å². The third-order valence-electron chi connectivity index (χ3n) is 8.58. The number of aryl methyl sites for hydroxylation is 3. The lowest BCUT2D eigenvalue weighted by atomic mass is 9.78. The lowest BCUT2D eigenvalue weighted by Gasteiger charge is -2.47. The first-order valence-electron chi connectivity index (χ1n) is 13.7. The zero-order valence-corrected chi connectivity index (χ0v) is 22.7. The lowest BCUT2D eigenvalue weighted by Crippen LogP contribution is -2.64. The van der Waals surface area contributed by atoms with E-state index in [9.17, 15) is 24.6 Å². The zero-order chi connectivity index (χ0) is 28.3. The molecule has 3 unspecified atom stereocenters. The molecule has 1 aliphatic carbocycles.